The van der Waals surface area contributed by atoms with Crippen molar-refractivity contribution in [1.29, 1.82) is 0 Å². The molecule has 0 aromatic rings. The van der Waals surface area contributed by atoms with E-state index in [0.29, 0.717) is 13.2 Å². The SMILES string of the molecule is CCOC(=O)CC(C)(O)OCC. The molecule has 0 aromatic heterocycles. The van der Waals surface area contributed by atoms with E-state index in [-0.39, 0.29) is 6.42 Å². The first kappa shape index (κ1) is 11.4. The van der Waals surface area contributed by atoms with E-state index in [4.69, 9.17) is 4.74 Å². The van der Waals surface area contributed by atoms with Gasteiger partial charge < -0.3 is 14.6 Å². The summed E-state index contributed by atoms with van der Waals surface area (Å²) in [4.78, 5) is 10.9. The molecule has 1 atom stereocenters. The number of carbonyl (C=O) groups is 1. The van der Waals surface area contributed by atoms with E-state index < -0.39 is 11.8 Å². The van der Waals surface area contributed by atoms with Gasteiger partial charge in [0.15, 0.2) is 5.79 Å². The average Bonchev–Trinajstić information content (AvgIpc) is 1.85. The number of carbonyl (C=O) groups excluding carboxylic acids is 1. The van der Waals surface area contributed by atoms with Crippen molar-refractivity contribution in [1.82, 2.24) is 0 Å². The van der Waals surface area contributed by atoms with Crippen LogP contribution in [0.5, 0.6) is 0 Å². The van der Waals surface area contributed by atoms with E-state index in [0.717, 1.165) is 0 Å². The predicted octanol–water partition coefficient (Wildman–Crippen LogP) is 0.685. The molecule has 12 heavy (non-hydrogen) atoms. The average molecular weight is 176 g/mol. The van der Waals surface area contributed by atoms with Crippen molar-refractivity contribution >= 4 is 5.97 Å². The third-order valence-electron chi connectivity index (χ3n) is 1.23. The molecule has 0 heterocycles. The lowest BCUT2D eigenvalue weighted by Crippen LogP contribution is -2.32. The molecule has 0 aliphatic rings. The van der Waals surface area contributed by atoms with Gasteiger partial charge in [0.1, 0.15) is 0 Å². The number of esters is 1. The second-order valence-corrected chi connectivity index (χ2v) is 2.59. The molecule has 0 spiro atoms. The van der Waals surface area contributed by atoms with Crippen molar-refractivity contribution in [2.24, 2.45) is 0 Å². The van der Waals surface area contributed by atoms with Gasteiger partial charge in [0.2, 0.25) is 0 Å². The Balaban J connectivity index is 3.79. The van der Waals surface area contributed by atoms with Crippen molar-refractivity contribution in [3.63, 3.8) is 0 Å². The summed E-state index contributed by atoms with van der Waals surface area (Å²) in [6.07, 6.45) is -0.130. The Morgan fingerprint density at radius 2 is 2.00 bits per heavy atom. The maximum Gasteiger partial charge on any atom is 0.311 e. The van der Waals surface area contributed by atoms with Crippen LogP contribution in [0.25, 0.3) is 0 Å². The summed E-state index contributed by atoms with van der Waals surface area (Å²) in [6, 6.07) is 0. The van der Waals surface area contributed by atoms with Gasteiger partial charge in [-0.05, 0) is 20.8 Å². The highest BCUT2D eigenvalue weighted by Crippen LogP contribution is 2.11. The fraction of sp³-hybridized carbons (Fsp3) is 0.875. The Morgan fingerprint density at radius 3 is 2.42 bits per heavy atom. The van der Waals surface area contributed by atoms with E-state index in [9.17, 15) is 9.90 Å². The number of rotatable bonds is 5. The van der Waals surface area contributed by atoms with Crippen molar-refractivity contribution in [2.45, 2.75) is 33.0 Å². The molecule has 0 saturated heterocycles. The van der Waals surface area contributed by atoms with Gasteiger partial charge in [-0.15, -0.1) is 0 Å². The molecule has 0 aliphatic heterocycles. The van der Waals surface area contributed by atoms with Gasteiger partial charge in [-0.2, -0.15) is 0 Å². The minimum atomic E-state index is -1.40. The quantitative estimate of drug-likeness (QED) is 0.494. The Kier molecular flexibility index (Phi) is 4.85. The van der Waals surface area contributed by atoms with Gasteiger partial charge in [-0.25, -0.2) is 0 Å². The molecule has 72 valence electrons. The largest absolute Gasteiger partial charge is 0.466 e. The van der Waals surface area contributed by atoms with Crippen LogP contribution in [0.2, 0.25) is 0 Å². The smallest absolute Gasteiger partial charge is 0.311 e. The van der Waals surface area contributed by atoms with Gasteiger partial charge >= 0.3 is 5.97 Å². The molecular formula is C8H16O4. The predicted molar refractivity (Wildman–Crippen MR) is 43.5 cm³/mol. The van der Waals surface area contributed by atoms with Crippen LogP contribution >= 0.6 is 0 Å². The first-order valence-electron chi connectivity index (χ1n) is 4.03. The Hall–Kier alpha value is -0.610. The number of hydrogen-bond donors (Lipinski definition) is 1. The highest BCUT2D eigenvalue weighted by atomic mass is 16.6. The van der Waals surface area contributed by atoms with Crippen LogP contribution in [0.3, 0.4) is 0 Å². The molecule has 1 N–H and O–H groups in total. The molecule has 0 aliphatic carbocycles. The number of hydrogen-bond acceptors (Lipinski definition) is 4. The maximum absolute atomic E-state index is 10.9. The van der Waals surface area contributed by atoms with E-state index in [1.165, 1.54) is 6.92 Å². The van der Waals surface area contributed by atoms with E-state index in [1.807, 2.05) is 0 Å². The van der Waals surface area contributed by atoms with Crippen molar-refractivity contribution in [3.8, 4) is 0 Å². The molecule has 1 unspecified atom stereocenters. The van der Waals surface area contributed by atoms with Crippen LogP contribution in [0.4, 0.5) is 0 Å². The first-order valence-corrected chi connectivity index (χ1v) is 4.03. The van der Waals surface area contributed by atoms with Crippen molar-refractivity contribution in [2.75, 3.05) is 13.2 Å². The molecule has 0 bridgehead atoms. The Bertz CT molecular complexity index is 142. The van der Waals surface area contributed by atoms with Gasteiger partial charge in [0.25, 0.3) is 0 Å². The molecule has 0 rings (SSSR count). The summed E-state index contributed by atoms with van der Waals surface area (Å²) in [5, 5.41) is 9.39. The molecule has 0 saturated carbocycles. The van der Waals surface area contributed by atoms with E-state index >= 15 is 0 Å². The molecule has 0 amide bonds. The zero-order valence-electron chi connectivity index (χ0n) is 7.79. The van der Waals surface area contributed by atoms with Crippen LogP contribution in [0.15, 0.2) is 0 Å². The lowest BCUT2D eigenvalue weighted by atomic mass is 10.2. The van der Waals surface area contributed by atoms with Crippen molar-refractivity contribution < 1.29 is 19.4 Å². The minimum absolute atomic E-state index is 0.130. The van der Waals surface area contributed by atoms with Crippen LogP contribution in [-0.2, 0) is 14.3 Å². The van der Waals surface area contributed by atoms with Crippen LogP contribution in [-0.4, -0.2) is 30.1 Å². The van der Waals surface area contributed by atoms with E-state index in [2.05, 4.69) is 4.74 Å². The monoisotopic (exact) mass is 176 g/mol. The van der Waals surface area contributed by atoms with Gasteiger partial charge in [0.05, 0.1) is 13.0 Å². The van der Waals surface area contributed by atoms with Gasteiger partial charge in [0, 0.05) is 6.61 Å². The normalized spacial score (nSPS) is 15.3. The summed E-state index contributed by atoms with van der Waals surface area (Å²) < 4.78 is 9.55. The lowest BCUT2D eigenvalue weighted by Gasteiger charge is -2.21. The first-order chi connectivity index (χ1) is 5.52. The lowest BCUT2D eigenvalue weighted by molar-refractivity contribution is -0.200. The summed E-state index contributed by atoms with van der Waals surface area (Å²) in [7, 11) is 0. The third-order valence-corrected chi connectivity index (χ3v) is 1.23. The molecule has 4 heteroatoms. The standard InChI is InChI=1S/C8H16O4/c1-4-11-7(9)6-8(3,10)12-5-2/h10H,4-6H2,1-3H3. The number of aliphatic hydroxyl groups is 1. The fourth-order valence-electron chi connectivity index (χ4n) is 0.842. The maximum atomic E-state index is 10.9. The molecule has 4 nitrogen and oxygen atoms in total. The summed E-state index contributed by atoms with van der Waals surface area (Å²) in [6.45, 7) is 5.59. The third kappa shape index (κ3) is 5.09. The van der Waals surface area contributed by atoms with Gasteiger partial charge in [-0.3, -0.25) is 4.79 Å². The number of ether oxygens (including phenoxy) is 2. The van der Waals surface area contributed by atoms with Crippen LogP contribution in [0, 0.1) is 0 Å². The molecule has 0 aromatic carbocycles. The molecular weight excluding hydrogens is 160 g/mol. The highest BCUT2D eigenvalue weighted by molar-refractivity contribution is 5.70. The molecule has 0 fully saturated rings. The highest BCUT2D eigenvalue weighted by Gasteiger charge is 2.24. The van der Waals surface area contributed by atoms with Crippen LogP contribution < -0.4 is 0 Å². The topological polar surface area (TPSA) is 55.8 Å². The second kappa shape index (κ2) is 5.11. The van der Waals surface area contributed by atoms with Gasteiger partial charge in [-0.1, -0.05) is 0 Å². The summed E-state index contributed by atoms with van der Waals surface area (Å²) in [5.41, 5.74) is 0. The minimum Gasteiger partial charge on any atom is -0.466 e. The zero-order chi connectivity index (χ0) is 9.61. The van der Waals surface area contributed by atoms with Crippen molar-refractivity contribution in [3.05, 3.63) is 0 Å². The fourth-order valence-corrected chi connectivity index (χ4v) is 0.842. The zero-order valence-corrected chi connectivity index (χ0v) is 7.79. The van der Waals surface area contributed by atoms with E-state index in [1.54, 1.807) is 13.8 Å². The Morgan fingerprint density at radius 1 is 1.42 bits per heavy atom. The Labute approximate surface area is 72.5 Å². The second-order valence-electron chi connectivity index (χ2n) is 2.59. The van der Waals surface area contributed by atoms with Crippen LogP contribution in [0.1, 0.15) is 27.2 Å². The molecule has 0 radical (unpaired) electrons. The summed E-state index contributed by atoms with van der Waals surface area (Å²) >= 11 is 0. The summed E-state index contributed by atoms with van der Waals surface area (Å²) in [5.74, 6) is -1.85.